The van der Waals surface area contributed by atoms with Crippen LogP contribution in [0.5, 0.6) is 5.75 Å². The average molecular weight is 389 g/mol. The van der Waals surface area contributed by atoms with Crippen LogP contribution < -0.4 is 15.4 Å². The van der Waals surface area contributed by atoms with E-state index in [1.165, 1.54) is 18.2 Å². The monoisotopic (exact) mass is 389 g/mol. The van der Waals surface area contributed by atoms with Gasteiger partial charge < -0.3 is 10.1 Å². The van der Waals surface area contributed by atoms with Gasteiger partial charge in [0.25, 0.3) is 17.7 Å². The predicted molar refractivity (Wildman–Crippen MR) is 98.6 cm³/mol. The second-order valence-electron chi connectivity index (χ2n) is 5.87. The first-order chi connectivity index (χ1) is 13.4. The minimum Gasteiger partial charge on any atom is -0.483 e. The largest absolute Gasteiger partial charge is 0.483 e. The topological polar surface area (TPSA) is 122 Å². The number of amides is 5. The smallest absolute Gasteiger partial charge is 0.266 e. The van der Waals surface area contributed by atoms with Gasteiger partial charge in [0.1, 0.15) is 11.8 Å². The quantitative estimate of drug-likeness (QED) is 0.713. The van der Waals surface area contributed by atoms with Crippen molar-refractivity contribution in [3.63, 3.8) is 0 Å². The van der Waals surface area contributed by atoms with Crippen LogP contribution in [0.4, 0.5) is 0 Å². The Kier molecular flexibility index (Phi) is 6.86. The summed E-state index contributed by atoms with van der Waals surface area (Å²) in [5, 5.41) is 4.70. The van der Waals surface area contributed by atoms with E-state index in [4.69, 9.17) is 4.74 Å². The van der Waals surface area contributed by atoms with Gasteiger partial charge in [-0.2, -0.15) is 0 Å². The molecule has 1 aromatic rings. The van der Waals surface area contributed by atoms with Crippen molar-refractivity contribution in [1.82, 2.24) is 15.5 Å². The number of carbonyl (C=O) groups excluding carboxylic acids is 5. The van der Waals surface area contributed by atoms with E-state index in [1.807, 2.05) is 13.8 Å². The Labute approximate surface area is 162 Å². The van der Waals surface area contributed by atoms with Crippen molar-refractivity contribution in [2.75, 3.05) is 13.2 Å². The molecule has 0 spiro atoms. The number of rotatable bonds is 5. The molecule has 1 aromatic carbocycles. The second kappa shape index (κ2) is 9.12. The number of hydrogen-bond donors (Lipinski definition) is 2. The standard InChI is InChI=1S/C17H17N3O6.C2H6/c1-2-18-13(22)8-26-11-5-3-4-9-14(11)17(25)20(16(9)24)10-6-7-12(21)19-15(10)23;1-2/h3-5,10H,2,6-8H2,1H3,(H,18,22)(H,19,21,23);1-2H3. The highest BCUT2D eigenvalue weighted by Crippen LogP contribution is 2.33. The first-order valence-electron chi connectivity index (χ1n) is 9.18. The Bertz CT molecular complexity index is 820. The highest BCUT2D eigenvalue weighted by Gasteiger charge is 2.46. The van der Waals surface area contributed by atoms with Crippen LogP contribution >= 0.6 is 0 Å². The van der Waals surface area contributed by atoms with Crippen molar-refractivity contribution in [3.05, 3.63) is 29.3 Å². The summed E-state index contributed by atoms with van der Waals surface area (Å²) in [4.78, 5) is 61.2. The van der Waals surface area contributed by atoms with Crippen LogP contribution in [0.15, 0.2) is 18.2 Å². The second-order valence-corrected chi connectivity index (χ2v) is 5.87. The molecule has 0 aromatic heterocycles. The van der Waals surface area contributed by atoms with Gasteiger partial charge in [0, 0.05) is 13.0 Å². The zero-order valence-corrected chi connectivity index (χ0v) is 16.0. The molecule has 2 heterocycles. The molecule has 1 unspecified atom stereocenters. The van der Waals surface area contributed by atoms with Crippen LogP contribution in [0.3, 0.4) is 0 Å². The van der Waals surface area contributed by atoms with Crippen LogP contribution in [-0.2, 0) is 14.4 Å². The lowest BCUT2D eigenvalue weighted by Crippen LogP contribution is -2.54. The summed E-state index contributed by atoms with van der Waals surface area (Å²) in [7, 11) is 0. The Morgan fingerprint density at radius 2 is 1.93 bits per heavy atom. The molecule has 0 radical (unpaired) electrons. The van der Waals surface area contributed by atoms with Crippen molar-refractivity contribution < 1.29 is 28.7 Å². The molecule has 9 nitrogen and oxygen atoms in total. The molecule has 0 aliphatic carbocycles. The fourth-order valence-corrected chi connectivity index (χ4v) is 3.00. The number of piperidine rings is 1. The lowest BCUT2D eigenvalue weighted by molar-refractivity contribution is -0.136. The number of fused-ring (bicyclic) bond motifs is 1. The van der Waals surface area contributed by atoms with Crippen LogP contribution in [0.1, 0.15) is 54.3 Å². The highest BCUT2D eigenvalue weighted by atomic mass is 16.5. The van der Waals surface area contributed by atoms with Crippen LogP contribution in [0.2, 0.25) is 0 Å². The number of benzene rings is 1. The molecular weight excluding hydrogens is 366 g/mol. The Hall–Kier alpha value is -3.23. The molecule has 3 rings (SSSR count). The maximum atomic E-state index is 12.8. The number of carbonyl (C=O) groups is 5. The van der Waals surface area contributed by atoms with E-state index in [0.717, 1.165) is 4.90 Å². The summed E-state index contributed by atoms with van der Waals surface area (Å²) < 4.78 is 5.40. The predicted octanol–water partition coefficient (Wildman–Crippen LogP) is 0.629. The van der Waals surface area contributed by atoms with E-state index < -0.39 is 29.7 Å². The molecule has 5 amide bonds. The van der Waals surface area contributed by atoms with E-state index in [9.17, 15) is 24.0 Å². The number of likely N-dealkylation sites (N-methyl/N-ethyl adjacent to an activating group) is 1. The molecular formula is C19H23N3O6. The van der Waals surface area contributed by atoms with Crippen LogP contribution in [0.25, 0.3) is 0 Å². The zero-order chi connectivity index (χ0) is 20.8. The van der Waals surface area contributed by atoms with E-state index >= 15 is 0 Å². The van der Waals surface area contributed by atoms with Gasteiger partial charge in [0.15, 0.2) is 6.61 Å². The first kappa shape index (κ1) is 21.1. The van der Waals surface area contributed by atoms with E-state index in [1.54, 1.807) is 6.92 Å². The SMILES string of the molecule is CC.CCNC(=O)COc1cccc2c1C(=O)N(C1CCC(=O)NC1=O)C2=O. The van der Waals surface area contributed by atoms with Crippen LogP contribution in [0, 0.1) is 0 Å². The summed E-state index contributed by atoms with van der Waals surface area (Å²) >= 11 is 0. The molecule has 2 N–H and O–H groups in total. The maximum Gasteiger partial charge on any atom is 0.266 e. The molecule has 150 valence electrons. The Morgan fingerprint density at radius 1 is 1.21 bits per heavy atom. The average Bonchev–Trinajstić information content (AvgIpc) is 2.94. The third-order valence-electron chi connectivity index (χ3n) is 4.16. The number of hydrogen-bond acceptors (Lipinski definition) is 6. The summed E-state index contributed by atoms with van der Waals surface area (Å²) in [6.45, 7) is 5.90. The Morgan fingerprint density at radius 3 is 2.57 bits per heavy atom. The van der Waals surface area contributed by atoms with Crippen LogP contribution in [-0.4, -0.2) is 53.6 Å². The van der Waals surface area contributed by atoms with Gasteiger partial charge in [-0.3, -0.25) is 34.2 Å². The van der Waals surface area contributed by atoms with Gasteiger partial charge in [0.05, 0.1) is 11.1 Å². The molecule has 2 aliphatic heterocycles. The van der Waals surface area contributed by atoms with Gasteiger partial charge in [0.2, 0.25) is 11.8 Å². The van der Waals surface area contributed by atoms with E-state index in [2.05, 4.69) is 10.6 Å². The molecule has 1 atom stereocenters. The summed E-state index contributed by atoms with van der Waals surface area (Å²) in [6.07, 6.45) is 0.121. The lowest BCUT2D eigenvalue weighted by atomic mass is 10.0. The molecule has 2 aliphatic rings. The normalized spacial score (nSPS) is 18.1. The summed E-state index contributed by atoms with van der Waals surface area (Å²) in [5.41, 5.74) is 0.125. The van der Waals surface area contributed by atoms with Gasteiger partial charge in [-0.15, -0.1) is 0 Å². The van der Waals surface area contributed by atoms with E-state index in [-0.39, 0.29) is 42.2 Å². The number of nitrogens with one attached hydrogen (secondary N) is 2. The molecule has 0 saturated carbocycles. The van der Waals surface area contributed by atoms with Crippen molar-refractivity contribution in [3.8, 4) is 5.75 Å². The van der Waals surface area contributed by atoms with Gasteiger partial charge >= 0.3 is 0 Å². The van der Waals surface area contributed by atoms with Crippen molar-refractivity contribution in [1.29, 1.82) is 0 Å². The van der Waals surface area contributed by atoms with Gasteiger partial charge in [-0.1, -0.05) is 19.9 Å². The van der Waals surface area contributed by atoms with Crippen molar-refractivity contribution in [2.45, 2.75) is 39.7 Å². The lowest BCUT2D eigenvalue weighted by Gasteiger charge is -2.27. The highest BCUT2D eigenvalue weighted by molar-refractivity contribution is 6.24. The third-order valence-corrected chi connectivity index (χ3v) is 4.16. The first-order valence-corrected chi connectivity index (χ1v) is 9.18. The number of imide groups is 2. The van der Waals surface area contributed by atoms with Crippen molar-refractivity contribution in [2.24, 2.45) is 0 Å². The number of ether oxygens (including phenoxy) is 1. The summed E-state index contributed by atoms with van der Waals surface area (Å²) in [6, 6.07) is 3.43. The zero-order valence-electron chi connectivity index (χ0n) is 16.0. The van der Waals surface area contributed by atoms with Gasteiger partial charge in [-0.25, -0.2) is 0 Å². The maximum absolute atomic E-state index is 12.8. The molecule has 9 heteroatoms. The minimum atomic E-state index is -1.05. The third kappa shape index (κ3) is 4.03. The minimum absolute atomic E-state index is 0.0199. The van der Waals surface area contributed by atoms with Crippen molar-refractivity contribution >= 4 is 29.5 Å². The van der Waals surface area contributed by atoms with Gasteiger partial charge in [-0.05, 0) is 25.5 Å². The fraction of sp³-hybridized carbons (Fsp3) is 0.421. The molecule has 28 heavy (non-hydrogen) atoms. The molecule has 1 saturated heterocycles. The fourth-order valence-electron chi connectivity index (χ4n) is 3.00. The molecule has 1 fully saturated rings. The molecule has 0 bridgehead atoms. The number of nitrogens with zero attached hydrogens (tertiary/aromatic N) is 1. The van der Waals surface area contributed by atoms with E-state index in [0.29, 0.717) is 6.54 Å². The summed E-state index contributed by atoms with van der Waals surface area (Å²) in [5.74, 6) is -2.67. The Balaban J connectivity index is 0.00000136.